The number of sulfone groups is 1. The summed E-state index contributed by atoms with van der Waals surface area (Å²) < 4.78 is 21.3. The number of hydrogen-bond donors (Lipinski definition) is 0. The van der Waals surface area contributed by atoms with Crippen molar-refractivity contribution in [2.75, 3.05) is 6.26 Å². The first-order valence-electron chi connectivity index (χ1n) is 3.33. The molecule has 3 heteroatoms. The van der Waals surface area contributed by atoms with Crippen molar-refractivity contribution in [3.05, 3.63) is 11.0 Å². The molecule has 0 spiro atoms. The van der Waals surface area contributed by atoms with Gasteiger partial charge in [-0.2, -0.15) is 0 Å². The number of rotatable bonds is 3. The molecule has 0 amide bonds. The summed E-state index contributed by atoms with van der Waals surface area (Å²) in [5, 5.41) is 1.33. The third-order valence-corrected chi connectivity index (χ3v) is 1.89. The Bertz CT molecular complexity index is 212. The van der Waals surface area contributed by atoms with Crippen molar-refractivity contribution in [3.63, 3.8) is 0 Å². The fourth-order valence-electron chi connectivity index (χ4n) is 0.819. The Labute approximate surface area is 62.9 Å². The fraction of sp³-hybridized carbons (Fsp3) is 0.714. The van der Waals surface area contributed by atoms with Crippen LogP contribution in [0.25, 0.3) is 0 Å². The Morgan fingerprint density at radius 2 is 2.00 bits per heavy atom. The molecule has 0 saturated carbocycles. The van der Waals surface area contributed by atoms with Crippen LogP contribution in [0.15, 0.2) is 11.0 Å². The lowest BCUT2D eigenvalue weighted by atomic mass is 10.2. The van der Waals surface area contributed by atoms with E-state index in [4.69, 9.17) is 0 Å². The molecule has 0 heterocycles. The molecule has 0 aromatic heterocycles. The molecule has 0 radical (unpaired) electrons. The fourth-order valence-corrected chi connectivity index (χ4v) is 1.67. The summed E-state index contributed by atoms with van der Waals surface area (Å²) in [7, 11) is -2.91. The second kappa shape index (κ2) is 3.76. The predicted molar refractivity (Wildman–Crippen MR) is 43.5 cm³/mol. The van der Waals surface area contributed by atoms with Crippen LogP contribution in [-0.2, 0) is 9.84 Å². The van der Waals surface area contributed by atoms with Crippen LogP contribution in [0.3, 0.4) is 0 Å². The van der Waals surface area contributed by atoms with Gasteiger partial charge < -0.3 is 0 Å². The second-order valence-electron chi connectivity index (χ2n) is 2.54. The molecule has 0 aliphatic rings. The molecule has 0 aromatic rings. The topological polar surface area (TPSA) is 34.1 Å². The SMILES string of the molecule is CCCC(C)=CS(C)(=O)=O. The highest BCUT2D eigenvalue weighted by atomic mass is 32.2. The summed E-state index contributed by atoms with van der Waals surface area (Å²) in [6.45, 7) is 3.87. The molecule has 2 nitrogen and oxygen atoms in total. The smallest absolute Gasteiger partial charge is 0.168 e. The first-order valence-corrected chi connectivity index (χ1v) is 5.28. The van der Waals surface area contributed by atoms with Crippen molar-refractivity contribution in [2.24, 2.45) is 0 Å². The van der Waals surface area contributed by atoms with Gasteiger partial charge in [0, 0.05) is 11.7 Å². The Morgan fingerprint density at radius 1 is 1.50 bits per heavy atom. The molecule has 0 bridgehead atoms. The van der Waals surface area contributed by atoms with E-state index >= 15 is 0 Å². The third-order valence-electron chi connectivity index (χ3n) is 1.06. The summed E-state index contributed by atoms with van der Waals surface area (Å²) in [4.78, 5) is 0. The molecule has 0 aromatic carbocycles. The van der Waals surface area contributed by atoms with E-state index in [0.717, 1.165) is 18.4 Å². The lowest BCUT2D eigenvalue weighted by Crippen LogP contribution is -1.90. The summed E-state index contributed by atoms with van der Waals surface area (Å²) in [6.07, 6.45) is 3.08. The van der Waals surface area contributed by atoms with E-state index in [0.29, 0.717) is 0 Å². The standard InChI is InChI=1S/C7H14O2S/c1-4-5-7(2)6-10(3,8)9/h6H,4-5H2,1-3H3. The quantitative estimate of drug-likeness (QED) is 0.633. The summed E-state index contributed by atoms with van der Waals surface area (Å²) in [5.41, 5.74) is 0.935. The number of allylic oxidation sites excluding steroid dienone is 1. The first-order chi connectivity index (χ1) is 4.45. The van der Waals surface area contributed by atoms with Gasteiger partial charge in [0.25, 0.3) is 0 Å². The van der Waals surface area contributed by atoms with Crippen LogP contribution in [0.2, 0.25) is 0 Å². The Hall–Kier alpha value is -0.310. The first kappa shape index (κ1) is 9.69. The molecular weight excluding hydrogens is 148 g/mol. The molecule has 0 rings (SSSR count). The zero-order valence-electron chi connectivity index (χ0n) is 6.72. The van der Waals surface area contributed by atoms with Gasteiger partial charge in [-0.25, -0.2) is 8.42 Å². The third kappa shape index (κ3) is 5.82. The minimum atomic E-state index is -2.91. The van der Waals surface area contributed by atoms with Gasteiger partial charge in [0.05, 0.1) is 0 Å². The normalized spacial score (nSPS) is 13.7. The summed E-state index contributed by atoms with van der Waals surface area (Å²) in [6, 6.07) is 0. The van der Waals surface area contributed by atoms with E-state index in [1.165, 1.54) is 11.7 Å². The summed E-state index contributed by atoms with van der Waals surface area (Å²) >= 11 is 0. The molecule has 0 fully saturated rings. The molecule has 0 saturated heterocycles. The van der Waals surface area contributed by atoms with Gasteiger partial charge in [0.1, 0.15) is 0 Å². The highest BCUT2D eigenvalue weighted by Crippen LogP contribution is 2.04. The van der Waals surface area contributed by atoms with Gasteiger partial charge in [-0.1, -0.05) is 18.9 Å². The molecule has 10 heavy (non-hydrogen) atoms. The highest BCUT2D eigenvalue weighted by molar-refractivity contribution is 7.93. The van der Waals surface area contributed by atoms with E-state index in [9.17, 15) is 8.42 Å². The van der Waals surface area contributed by atoms with Gasteiger partial charge >= 0.3 is 0 Å². The van der Waals surface area contributed by atoms with E-state index in [1.807, 2.05) is 13.8 Å². The van der Waals surface area contributed by atoms with Crippen LogP contribution in [0.5, 0.6) is 0 Å². The van der Waals surface area contributed by atoms with Crippen molar-refractivity contribution in [1.29, 1.82) is 0 Å². The monoisotopic (exact) mass is 162 g/mol. The van der Waals surface area contributed by atoms with Crippen LogP contribution in [0.1, 0.15) is 26.7 Å². The number of hydrogen-bond acceptors (Lipinski definition) is 2. The zero-order chi connectivity index (χ0) is 8.20. The van der Waals surface area contributed by atoms with Gasteiger partial charge in [0.2, 0.25) is 0 Å². The van der Waals surface area contributed by atoms with Crippen LogP contribution < -0.4 is 0 Å². The van der Waals surface area contributed by atoms with Crippen LogP contribution >= 0.6 is 0 Å². The molecule has 0 N–H and O–H groups in total. The average Bonchev–Trinajstić information content (AvgIpc) is 1.59. The van der Waals surface area contributed by atoms with Gasteiger partial charge in [-0.15, -0.1) is 0 Å². The van der Waals surface area contributed by atoms with Crippen molar-refractivity contribution >= 4 is 9.84 Å². The largest absolute Gasteiger partial charge is 0.225 e. The molecule has 0 atom stereocenters. The van der Waals surface area contributed by atoms with Crippen molar-refractivity contribution in [2.45, 2.75) is 26.7 Å². The summed E-state index contributed by atoms with van der Waals surface area (Å²) in [5.74, 6) is 0. The van der Waals surface area contributed by atoms with Crippen LogP contribution in [-0.4, -0.2) is 14.7 Å². The molecule has 0 aliphatic carbocycles. The Morgan fingerprint density at radius 3 is 2.30 bits per heavy atom. The van der Waals surface area contributed by atoms with E-state index in [-0.39, 0.29) is 0 Å². The van der Waals surface area contributed by atoms with E-state index < -0.39 is 9.84 Å². The van der Waals surface area contributed by atoms with E-state index in [2.05, 4.69) is 0 Å². The predicted octanol–water partition coefficient (Wildman–Crippen LogP) is 1.73. The molecule has 60 valence electrons. The molecule has 0 aliphatic heterocycles. The van der Waals surface area contributed by atoms with Crippen molar-refractivity contribution < 1.29 is 8.42 Å². The molecular formula is C7H14O2S. The lowest BCUT2D eigenvalue weighted by Gasteiger charge is -1.94. The minimum Gasteiger partial charge on any atom is -0.225 e. The minimum absolute atomic E-state index is 0.868. The lowest BCUT2D eigenvalue weighted by molar-refractivity contribution is 0.609. The average molecular weight is 162 g/mol. The molecule has 0 unspecified atom stereocenters. The Balaban J connectivity index is 4.18. The maximum Gasteiger partial charge on any atom is 0.168 e. The van der Waals surface area contributed by atoms with Gasteiger partial charge in [0.15, 0.2) is 9.84 Å². The van der Waals surface area contributed by atoms with Crippen LogP contribution in [0.4, 0.5) is 0 Å². The maximum absolute atomic E-state index is 10.6. The maximum atomic E-state index is 10.6. The van der Waals surface area contributed by atoms with Gasteiger partial charge in [-0.3, -0.25) is 0 Å². The van der Waals surface area contributed by atoms with Crippen molar-refractivity contribution in [3.8, 4) is 0 Å². The van der Waals surface area contributed by atoms with Crippen molar-refractivity contribution in [1.82, 2.24) is 0 Å². The highest BCUT2D eigenvalue weighted by Gasteiger charge is 1.95. The Kier molecular flexibility index (Phi) is 3.64. The van der Waals surface area contributed by atoms with Gasteiger partial charge in [-0.05, 0) is 13.3 Å². The zero-order valence-corrected chi connectivity index (χ0v) is 7.53. The van der Waals surface area contributed by atoms with E-state index in [1.54, 1.807) is 0 Å². The second-order valence-corrected chi connectivity index (χ2v) is 4.44. The van der Waals surface area contributed by atoms with Crippen LogP contribution in [0, 0.1) is 0 Å².